The molecule has 1 fully saturated rings. The molecule has 6 heteroatoms. The van der Waals surface area contributed by atoms with Crippen molar-refractivity contribution in [1.29, 1.82) is 0 Å². The van der Waals surface area contributed by atoms with Crippen molar-refractivity contribution in [2.45, 2.75) is 38.6 Å². The van der Waals surface area contributed by atoms with E-state index < -0.39 is 11.6 Å². The fourth-order valence-electron chi connectivity index (χ4n) is 3.03. The Kier molecular flexibility index (Phi) is 4.69. The second kappa shape index (κ2) is 6.89. The third kappa shape index (κ3) is 3.41. The van der Waals surface area contributed by atoms with Gasteiger partial charge in [0.2, 0.25) is 5.95 Å². The zero-order valence-electron chi connectivity index (χ0n) is 13.1. The second-order valence-electron chi connectivity index (χ2n) is 5.71. The summed E-state index contributed by atoms with van der Waals surface area (Å²) in [4.78, 5) is 10.8. The predicted octanol–water partition coefficient (Wildman–Crippen LogP) is 4.27. The van der Waals surface area contributed by atoms with Crippen molar-refractivity contribution in [3.8, 4) is 0 Å². The van der Waals surface area contributed by atoms with Gasteiger partial charge in [0, 0.05) is 18.8 Å². The van der Waals surface area contributed by atoms with Crippen molar-refractivity contribution >= 4 is 17.5 Å². The van der Waals surface area contributed by atoms with Gasteiger partial charge < -0.3 is 10.2 Å². The van der Waals surface area contributed by atoms with E-state index in [1.807, 2.05) is 6.07 Å². The van der Waals surface area contributed by atoms with Crippen LogP contribution in [0.3, 0.4) is 0 Å². The highest BCUT2D eigenvalue weighted by atomic mass is 19.1. The smallest absolute Gasteiger partial charge is 0.229 e. The molecule has 1 aromatic carbocycles. The van der Waals surface area contributed by atoms with Gasteiger partial charge in [-0.1, -0.05) is 13.0 Å². The number of nitrogens with zero attached hydrogens (tertiary/aromatic N) is 3. The van der Waals surface area contributed by atoms with E-state index in [-0.39, 0.29) is 11.6 Å². The maximum atomic E-state index is 13.7. The lowest BCUT2D eigenvalue weighted by Gasteiger charge is -2.36. The summed E-state index contributed by atoms with van der Waals surface area (Å²) < 4.78 is 27.5. The molecule has 0 radical (unpaired) electrons. The molecule has 0 saturated carbocycles. The SMILES string of the molecule is CCC1CCCCN1c1ccnc(Nc2c(F)cccc2F)n1. The van der Waals surface area contributed by atoms with Crippen molar-refractivity contribution in [3.63, 3.8) is 0 Å². The van der Waals surface area contributed by atoms with Gasteiger partial charge in [0.25, 0.3) is 0 Å². The van der Waals surface area contributed by atoms with Gasteiger partial charge in [-0.15, -0.1) is 0 Å². The number of benzene rings is 1. The Morgan fingerprint density at radius 3 is 2.74 bits per heavy atom. The van der Waals surface area contributed by atoms with E-state index >= 15 is 0 Å². The molecule has 23 heavy (non-hydrogen) atoms. The summed E-state index contributed by atoms with van der Waals surface area (Å²) in [5.41, 5.74) is -0.227. The summed E-state index contributed by atoms with van der Waals surface area (Å²) >= 11 is 0. The van der Waals surface area contributed by atoms with E-state index in [1.165, 1.54) is 24.6 Å². The van der Waals surface area contributed by atoms with Crippen LogP contribution in [0.15, 0.2) is 30.5 Å². The first-order valence-electron chi connectivity index (χ1n) is 7.99. The van der Waals surface area contributed by atoms with E-state index in [9.17, 15) is 8.78 Å². The second-order valence-corrected chi connectivity index (χ2v) is 5.71. The van der Waals surface area contributed by atoms with Crippen LogP contribution in [0.5, 0.6) is 0 Å². The Balaban J connectivity index is 1.85. The van der Waals surface area contributed by atoms with Gasteiger partial charge in [-0.3, -0.25) is 0 Å². The highest BCUT2D eigenvalue weighted by molar-refractivity contribution is 5.56. The number of halogens is 2. The van der Waals surface area contributed by atoms with Gasteiger partial charge >= 0.3 is 0 Å². The molecule has 1 saturated heterocycles. The Morgan fingerprint density at radius 1 is 1.22 bits per heavy atom. The van der Waals surface area contributed by atoms with Crippen LogP contribution >= 0.6 is 0 Å². The van der Waals surface area contributed by atoms with Crippen LogP contribution in [0.1, 0.15) is 32.6 Å². The summed E-state index contributed by atoms with van der Waals surface area (Å²) in [6, 6.07) is 6.03. The minimum absolute atomic E-state index is 0.201. The number of aromatic nitrogens is 2. The monoisotopic (exact) mass is 318 g/mol. The van der Waals surface area contributed by atoms with Crippen molar-refractivity contribution < 1.29 is 8.78 Å². The standard InChI is InChI=1S/C17H20F2N4/c1-2-12-6-3-4-11-23(12)15-9-10-20-17(21-15)22-16-13(18)7-5-8-14(16)19/h5,7-10,12H,2-4,6,11H2,1H3,(H,20,21,22). The third-order valence-corrected chi connectivity index (χ3v) is 4.23. The summed E-state index contributed by atoms with van der Waals surface area (Å²) in [7, 11) is 0. The molecule has 0 spiro atoms. The molecule has 0 bridgehead atoms. The van der Waals surface area contributed by atoms with Crippen molar-refractivity contribution in [3.05, 3.63) is 42.1 Å². The topological polar surface area (TPSA) is 41.1 Å². The minimum atomic E-state index is -0.664. The fraction of sp³-hybridized carbons (Fsp3) is 0.412. The molecule has 0 amide bonds. The van der Waals surface area contributed by atoms with Crippen LogP contribution in [-0.4, -0.2) is 22.6 Å². The van der Waals surface area contributed by atoms with Crippen molar-refractivity contribution in [2.24, 2.45) is 0 Å². The van der Waals surface area contributed by atoms with Gasteiger partial charge in [-0.05, 0) is 43.9 Å². The van der Waals surface area contributed by atoms with Gasteiger partial charge in [-0.2, -0.15) is 4.98 Å². The van der Waals surface area contributed by atoms with Crippen LogP contribution in [0.2, 0.25) is 0 Å². The Bertz CT molecular complexity index is 657. The average Bonchev–Trinajstić information content (AvgIpc) is 2.58. The molecule has 0 aliphatic carbocycles. The maximum Gasteiger partial charge on any atom is 0.229 e. The number of anilines is 3. The Labute approximate surface area is 134 Å². The highest BCUT2D eigenvalue weighted by Gasteiger charge is 2.22. The molecule has 1 N–H and O–H groups in total. The van der Waals surface area contributed by atoms with Gasteiger partial charge in [0.15, 0.2) is 0 Å². The first-order chi connectivity index (χ1) is 11.2. The zero-order chi connectivity index (χ0) is 16.2. The zero-order valence-corrected chi connectivity index (χ0v) is 13.1. The lowest BCUT2D eigenvalue weighted by Crippen LogP contribution is -2.39. The molecule has 1 atom stereocenters. The van der Waals surface area contributed by atoms with Crippen LogP contribution < -0.4 is 10.2 Å². The van der Waals surface area contributed by atoms with E-state index in [2.05, 4.69) is 27.1 Å². The highest BCUT2D eigenvalue weighted by Crippen LogP contribution is 2.26. The first kappa shape index (κ1) is 15.6. The molecule has 1 aliphatic heterocycles. The predicted molar refractivity (Wildman–Crippen MR) is 86.9 cm³/mol. The van der Waals surface area contributed by atoms with Crippen LogP contribution in [0.4, 0.5) is 26.2 Å². The van der Waals surface area contributed by atoms with E-state index in [4.69, 9.17) is 0 Å². The normalized spacial score (nSPS) is 18.0. The number of hydrogen-bond donors (Lipinski definition) is 1. The number of rotatable bonds is 4. The summed E-state index contributed by atoms with van der Waals surface area (Å²) in [5.74, 6) is -0.329. The van der Waals surface area contributed by atoms with E-state index in [0.717, 1.165) is 31.6 Å². The average molecular weight is 318 g/mol. The lowest BCUT2D eigenvalue weighted by atomic mass is 10.0. The molecular weight excluding hydrogens is 298 g/mol. The number of piperidine rings is 1. The Hall–Kier alpha value is -2.24. The number of nitrogens with one attached hydrogen (secondary N) is 1. The van der Waals surface area contributed by atoms with Crippen molar-refractivity contribution in [1.82, 2.24) is 9.97 Å². The fourth-order valence-corrected chi connectivity index (χ4v) is 3.03. The van der Waals surface area contributed by atoms with Crippen LogP contribution in [0, 0.1) is 11.6 Å². The first-order valence-corrected chi connectivity index (χ1v) is 7.99. The number of hydrogen-bond acceptors (Lipinski definition) is 4. The van der Waals surface area contributed by atoms with Crippen LogP contribution in [-0.2, 0) is 0 Å². The molecular formula is C17H20F2N4. The molecule has 2 heterocycles. The number of para-hydroxylation sites is 1. The lowest BCUT2D eigenvalue weighted by molar-refractivity contribution is 0.447. The maximum absolute atomic E-state index is 13.7. The van der Waals surface area contributed by atoms with Crippen molar-refractivity contribution in [2.75, 3.05) is 16.8 Å². The van der Waals surface area contributed by atoms with Gasteiger partial charge in [0.1, 0.15) is 23.1 Å². The summed E-state index contributed by atoms with van der Waals surface area (Å²) in [6.07, 6.45) is 6.17. The minimum Gasteiger partial charge on any atom is -0.353 e. The quantitative estimate of drug-likeness (QED) is 0.914. The molecule has 4 nitrogen and oxygen atoms in total. The molecule has 1 aliphatic rings. The summed E-state index contributed by atoms with van der Waals surface area (Å²) in [6.45, 7) is 3.11. The largest absolute Gasteiger partial charge is 0.353 e. The van der Waals surface area contributed by atoms with Crippen LogP contribution in [0.25, 0.3) is 0 Å². The molecule has 122 valence electrons. The molecule has 1 aromatic heterocycles. The summed E-state index contributed by atoms with van der Waals surface area (Å²) in [5, 5.41) is 2.65. The molecule has 3 rings (SSSR count). The van der Waals surface area contributed by atoms with E-state index in [0.29, 0.717) is 6.04 Å². The third-order valence-electron chi connectivity index (χ3n) is 4.23. The molecule has 1 unspecified atom stereocenters. The Morgan fingerprint density at radius 2 is 2.00 bits per heavy atom. The van der Waals surface area contributed by atoms with Gasteiger partial charge in [0.05, 0.1) is 0 Å². The van der Waals surface area contributed by atoms with Gasteiger partial charge in [-0.25, -0.2) is 13.8 Å². The molecule has 2 aromatic rings. The van der Waals surface area contributed by atoms with E-state index in [1.54, 1.807) is 6.20 Å².